The van der Waals surface area contributed by atoms with E-state index >= 15 is 0 Å². The maximum atomic E-state index is 3.69. The van der Waals surface area contributed by atoms with Crippen molar-refractivity contribution in [3.8, 4) is 0 Å². The SMILES string of the molecule is CCCCCN(C(C)C)C(CC)CNC1CC1. The van der Waals surface area contributed by atoms with Gasteiger partial charge in [-0.3, -0.25) is 4.90 Å². The number of unbranched alkanes of at least 4 members (excludes halogenated alkanes) is 2. The summed E-state index contributed by atoms with van der Waals surface area (Å²) in [5.74, 6) is 0. The molecule has 102 valence electrons. The summed E-state index contributed by atoms with van der Waals surface area (Å²) in [6.45, 7) is 11.7. The van der Waals surface area contributed by atoms with Gasteiger partial charge in [-0.25, -0.2) is 0 Å². The number of nitrogens with zero attached hydrogens (tertiary/aromatic N) is 1. The number of nitrogens with one attached hydrogen (secondary N) is 1. The molecule has 1 unspecified atom stereocenters. The summed E-state index contributed by atoms with van der Waals surface area (Å²) < 4.78 is 0. The Morgan fingerprint density at radius 1 is 1.18 bits per heavy atom. The molecule has 0 aromatic rings. The van der Waals surface area contributed by atoms with Crippen LogP contribution in [0.3, 0.4) is 0 Å². The zero-order chi connectivity index (χ0) is 12.7. The highest BCUT2D eigenvalue weighted by atomic mass is 15.2. The largest absolute Gasteiger partial charge is 0.312 e. The second-order valence-electron chi connectivity index (χ2n) is 5.78. The fourth-order valence-electron chi connectivity index (χ4n) is 2.49. The Balaban J connectivity index is 2.33. The average Bonchev–Trinajstić information content (AvgIpc) is 3.11. The Morgan fingerprint density at radius 2 is 1.88 bits per heavy atom. The van der Waals surface area contributed by atoms with Crippen molar-refractivity contribution in [3.05, 3.63) is 0 Å². The summed E-state index contributed by atoms with van der Waals surface area (Å²) in [7, 11) is 0. The molecule has 2 heteroatoms. The molecule has 0 spiro atoms. The lowest BCUT2D eigenvalue weighted by Crippen LogP contribution is -2.46. The second kappa shape index (κ2) is 8.10. The molecule has 2 nitrogen and oxygen atoms in total. The first-order valence-electron chi connectivity index (χ1n) is 7.68. The van der Waals surface area contributed by atoms with Gasteiger partial charge in [-0.2, -0.15) is 0 Å². The minimum absolute atomic E-state index is 0.679. The highest BCUT2D eigenvalue weighted by Crippen LogP contribution is 2.19. The number of hydrogen-bond acceptors (Lipinski definition) is 2. The van der Waals surface area contributed by atoms with Gasteiger partial charge in [-0.15, -0.1) is 0 Å². The van der Waals surface area contributed by atoms with Crippen molar-refractivity contribution in [1.82, 2.24) is 10.2 Å². The van der Waals surface area contributed by atoms with E-state index in [2.05, 4.69) is 37.9 Å². The lowest BCUT2D eigenvalue weighted by Gasteiger charge is -2.35. The van der Waals surface area contributed by atoms with Gasteiger partial charge in [0, 0.05) is 24.7 Å². The van der Waals surface area contributed by atoms with Crippen molar-refractivity contribution in [2.75, 3.05) is 13.1 Å². The summed E-state index contributed by atoms with van der Waals surface area (Å²) in [6.07, 6.45) is 8.11. The summed E-state index contributed by atoms with van der Waals surface area (Å²) in [6, 6.07) is 2.25. The first kappa shape index (κ1) is 15.0. The van der Waals surface area contributed by atoms with Crippen LogP contribution >= 0.6 is 0 Å². The standard InChI is InChI=1S/C15H32N2/c1-5-7-8-11-17(13(3)4)15(6-2)12-16-14-9-10-14/h13-16H,5-12H2,1-4H3. The van der Waals surface area contributed by atoms with Crippen LogP contribution < -0.4 is 5.32 Å². The van der Waals surface area contributed by atoms with Crippen LogP contribution in [0, 0.1) is 0 Å². The van der Waals surface area contributed by atoms with Gasteiger partial charge in [-0.05, 0) is 46.1 Å². The van der Waals surface area contributed by atoms with Gasteiger partial charge >= 0.3 is 0 Å². The Morgan fingerprint density at radius 3 is 2.35 bits per heavy atom. The molecule has 0 bridgehead atoms. The molecule has 0 radical (unpaired) electrons. The monoisotopic (exact) mass is 240 g/mol. The third-order valence-corrected chi connectivity index (χ3v) is 3.84. The molecule has 1 aliphatic carbocycles. The van der Waals surface area contributed by atoms with Crippen molar-refractivity contribution in [2.45, 2.75) is 84.3 Å². The van der Waals surface area contributed by atoms with E-state index in [4.69, 9.17) is 0 Å². The highest BCUT2D eigenvalue weighted by Gasteiger charge is 2.24. The van der Waals surface area contributed by atoms with Gasteiger partial charge in [0.25, 0.3) is 0 Å². The molecular formula is C15H32N2. The first-order chi connectivity index (χ1) is 8.19. The predicted octanol–water partition coefficient (Wildman–Crippen LogP) is 3.42. The van der Waals surface area contributed by atoms with Crippen LogP contribution in [0.1, 0.15) is 66.2 Å². The summed E-state index contributed by atoms with van der Waals surface area (Å²) in [5.41, 5.74) is 0. The Kier molecular flexibility index (Phi) is 7.14. The van der Waals surface area contributed by atoms with Gasteiger partial charge in [0.1, 0.15) is 0 Å². The van der Waals surface area contributed by atoms with E-state index in [0.717, 1.165) is 12.1 Å². The Hall–Kier alpha value is -0.0800. The van der Waals surface area contributed by atoms with Crippen molar-refractivity contribution < 1.29 is 0 Å². The number of rotatable bonds is 10. The molecule has 1 rings (SSSR count). The minimum Gasteiger partial charge on any atom is -0.312 e. The van der Waals surface area contributed by atoms with Gasteiger partial charge in [0.15, 0.2) is 0 Å². The molecule has 1 saturated carbocycles. The zero-order valence-corrected chi connectivity index (χ0v) is 12.3. The third kappa shape index (κ3) is 5.87. The van der Waals surface area contributed by atoms with E-state index in [1.54, 1.807) is 0 Å². The van der Waals surface area contributed by atoms with E-state index < -0.39 is 0 Å². The van der Waals surface area contributed by atoms with E-state index in [-0.39, 0.29) is 0 Å². The Bertz CT molecular complexity index is 187. The molecule has 0 saturated heterocycles. The maximum absolute atomic E-state index is 3.69. The molecule has 0 amide bonds. The van der Waals surface area contributed by atoms with E-state index in [1.165, 1.54) is 51.6 Å². The summed E-state index contributed by atoms with van der Waals surface area (Å²) in [4.78, 5) is 2.70. The van der Waals surface area contributed by atoms with Gasteiger partial charge in [0.2, 0.25) is 0 Å². The van der Waals surface area contributed by atoms with Crippen LogP contribution in [0.25, 0.3) is 0 Å². The van der Waals surface area contributed by atoms with Crippen LogP contribution in [-0.4, -0.2) is 36.1 Å². The average molecular weight is 240 g/mol. The normalized spacial score (nSPS) is 18.0. The molecule has 0 aliphatic heterocycles. The molecule has 1 fully saturated rings. The maximum Gasteiger partial charge on any atom is 0.0220 e. The van der Waals surface area contributed by atoms with Crippen LogP contribution in [0.4, 0.5) is 0 Å². The molecule has 0 heterocycles. The van der Waals surface area contributed by atoms with Gasteiger partial charge in [0.05, 0.1) is 0 Å². The smallest absolute Gasteiger partial charge is 0.0220 e. The molecule has 0 aromatic heterocycles. The van der Waals surface area contributed by atoms with Crippen LogP contribution in [0.5, 0.6) is 0 Å². The van der Waals surface area contributed by atoms with E-state index in [1.807, 2.05) is 0 Å². The van der Waals surface area contributed by atoms with Crippen molar-refractivity contribution in [3.63, 3.8) is 0 Å². The molecule has 1 atom stereocenters. The topological polar surface area (TPSA) is 15.3 Å². The lowest BCUT2D eigenvalue weighted by molar-refractivity contribution is 0.142. The lowest BCUT2D eigenvalue weighted by atomic mass is 10.1. The fourth-order valence-corrected chi connectivity index (χ4v) is 2.49. The molecule has 17 heavy (non-hydrogen) atoms. The molecule has 1 aliphatic rings. The van der Waals surface area contributed by atoms with Crippen molar-refractivity contribution in [2.24, 2.45) is 0 Å². The van der Waals surface area contributed by atoms with E-state index in [0.29, 0.717) is 6.04 Å². The first-order valence-corrected chi connectivity index (χ1v) is 7.68. The predicted molar refractivity (Wildman–Crippen MR) is 76.5 cm³/mol. The number of hydrogen-bond donors (Lipinski definition) is 1. The third-order valence-electron chi connectivity index (χ3n) is 3.84. The van der Waals surface area contributed by atoms with Crippen molar-refractivity contribution in [1.29, 1.82) is 0 Å². The molecule has 0 aromatic carbocycles. The fraction of sp³-hybridized carbons (Fsp3) is 1.00. The van der Waals surface area contributed by atoms with Crippen molar-refractivity contribution >= 4 is 0 Å². The Labute approximate surface area is 108 Å². The summed E-state index contributed by atoms with van der Waals surface area (Å²) in [5, 5.41) is 3.69. The second-order valence-corrected chi connectivity index (χ2v) is 5.78. The van der Waals surface area contributed by atoms with E-state index in [9.17, 15) is 0 Å². The van der Waals surface area contributed by atoms with Crippen LogP contribution in [0.2, 0.25) is 0 Å². The minimum atomic E-state index is 0.679. The van der Waals surface area contributed by atoms with Crippen LogP contribution in [-0.2, 0) is 0 Å². The van der Waals surface area contributed by atoms with Crippen LogP contribution in [0.15, 0.2) is 0 Å². The quantitative estimate of drug-likeness (QED) is 0.589. The molecular weight excluding hydrogens is 208 g/mol. The summed E-state index contributed by atoms with van der Waals surface area (Å²) >= 11 is 0. The van der Waals surface area contributed by atoms with Gasteiger partial charge in [-0.1, -0.05) is 26.7 Å². The zero-order valence-electron chi connectivity index (χ0n) is 12.3. The van der Waals surface area contributed by atoms with Gasteiger partial charge < -0.3 is 5.32 Å². The molecule has 1 N–H and O–H groups in total. The highest BCUT2D eigenvalue weighted by molar-refractivity contribution is 4.84.